The second-order valence-electron chi connectivity index (χ2n) is 4.52. The molecule has 0 aromatic carbocycles. The van der Waals surface area contributed by atoms with Crippen LogP contribution in [0.4, 0.5) is 26.3 Å². The predicted molar refractivity (Wildman–Crippen MR) is 52.6 cm³/mol. The average molecular weight is 274 g/mol. The first kappa shape index (κ1) is 15.1. The first-order valence-corrected chi connectivity index (χ1v) is 5.10. The lowest BCUT2D eigenvalue weighted by Gasteiger charge is -2.48. The first-order valence-electron chi connectivity index (χ1n) is 5.10. The summed E-state index contributed by atoms with van der Waals surface area (Å²) in [4.78, 5) is 0. The Balaban J connectivity index is 3.47. The van der Waals surface area contributed by atoms with Gasteiger partial charge >= 0.3 is 12.4 Å². The molecular formula is C11H12F6O. The SMILES string of the molecule is C[C@@H]1C=CC=C[C@]1(C)C(O)(C(F)(F)F)C(F)(F)F. The van der Waals surface area contributed by atoms with Crippen LogP contribution >= 0.6 is 0 Å². The molecule has 1 nitrogen and oxygen atoms in total. The molecule has 1 N–H and O–H groups in total. The Kier molecular flexibility index (Phi) is 3.36. The van der Waals surface area contributed by atoms with Crippen LogP contribution in [-0.2, 0) is 0 Å². The van der Waals surface area contributed by atoms with Crippen LogP contribution in [-0.4, -0.2) is 23.1 Å². The maximum Gasteiger partial charge on any atom is 0.427 e. The van der Waals surface area contributed by atoms with E-state index in [1.807, 2.05) is 0 Å². The third kappa shape index (κ3) is 1.84. The second kappa shape index (κ2) is 4.01. The van der Waals surface area contributed by atoms with Crippen molar-refractivity contribution in [3.8, 4) is 0 Å². The second-order valence-corrected chi connectivity index (χ2v) is 4.52. The standard InChI is InChI=1S/C11H12F6O/c1-7-5-3-4-6-8(7,2)9(18,10(12,13)14)11(15,16)17/h3-7,18H,1-2H3/t7-,8+/m1/s1. The molecule has 0 fully saturated rings. The number of aliphatic hydroxyl groups is 1. The molecule has 0 bridgehead atoms. The normalized spacial score (nSPS) is 29.7. The van der Waals surface area contributed by atoms with E-state index in [0.717, 1.165) is 19.1 Å². The summed E-state index contributed by atoms with van der Waals surface area (Å²) in [7, 11) is 0. The van der Waals surface area contributed by atoms with E-state index < -0.39 is 29.3 Å². The highest BCUT2D eigenvalue weighted by Crippen LogP contribution is 2.57. The summed E-state index contributed by atoms with van der Waals surface area (Å²) in [6, 6.07) is 0. The highest BCUT2D eigenvalue weighted by molar-refractivity contribution is 5.26. The lowest BCUT2D eigenvalue weighted by atomic mass is 9.63. The van der Waals surface area contributed by atoms with E-state index >= 15 is 0 Å². The summed E-state index contributed by atoms with van der Waals surface area (Å²) in [5, 5.41) is 9.40. The minimum absolute atomic E-state index is 0.749. The molecule has 0 aliphatic heterocycles. The molecule has 0 radical (unpaired) electrons. The Bertz CT molecular complexity index is 364. The van der Waals surface area contributed by atoms with E-state index in [9.17, 15) is 31.4 Å². The van der Waals surface area contributed by atoms with Crippen LogP contribution < -0.4 is 0 Å². The van der Waals surface area contributed by atoms with Gasteiger partial charge in [-0.1, -0.05) is 38.2 Å². The number of allylic oxidation sites excluding steroid dienone is 3. The summed E-state index contributed by atoms with van der Waals surface area (Å²) in [5.74, 6) is -1.12. The summed E-state index contributed by atoms with van der Waals surface area (Å²) < 4.78 is 76.7. The maximum atomic E-state index is 12.8. The van der Waals surface area contributed by atoms with Crippen LogP contribution in [0.2, 0.25) is 0 Å². The Morgan fingerprint density at radius 1 is 1.00 bits per heavy atom. The smallest absolute Gasteiger partial charge is 0.373 e. The van der Waals surface area contributed by atoms with Gasteiger partial charge in [0, 0.05) is 5.41 Å². The molecule has 18 heavy (non-hydrogen) atoms. The zero-order valence-electron chi connectivity index (χ0n) is 9.60. The van der Waals surface area contributed by atoms with Gasteiger partial charge in [0.1, 0.15) is 0 Å². The van der Waals surface area contributed by atoms with Crippen LogP contribution in [0.5, 0.6) is 0 Å². The Labute approximate surface area is 99.8 Å². The lowest BCUT2D eigenvalue weighted by molar-refractivity contribution is -0.399. The van der Waals surface area contributed by atoms with Crippen molar-refractivity contribution in [2.24, 2.45) is 11.3 Å². The molecule has 104 valence electrons. The third-order valence-corrected chi connectivity index (χ3v) is 3.50. The zero-order chi connectivity index (χ0) is 14.4. The Morgan fingerprint density at radius 3 is 1.78 bits per heavy atom. The van der Waals surface area contributed by atoms with E-state index in [1.54, 1.807) is 0 Å². The minimum Gasteiger partial charge on any atom is -0.373 e. The molecule has 1 aliphatic rings. The van der Waals surface area contributed by atoms with Crippen LogP contribution in [0.25, 0.3) is 0 Å². The van der Waals surface area contributed by atoms with Gasteiger partial charge in [-0.2, -0.15) is 26.3 Å². The molecule has 1 rings (SSSR count). The molecule has 1 aliphatic carbocycles. The van der Waals surface area contributed by atoms with Crippen molar-refractivity contribution in [1.29, 1.82) is 0 Å². The molecule has 0 unspecified atom stereocenters. The van der Waals surface area contributed by atoms with Crippen molar-refractivity contribution in [2.45, 2.75) is 31.8 Å². The van der Waals surface area contributed by atoms with Crippen molar-refractivity contribution in [2.75, 3.05) is 0 Å². The first-order chi connectivity index (χ1) is 7.88. The summed E-state index contributed by atoms with van der Waals surface area (Å²) >= 11 is 0. The number of rotatable bonds is 1. The molecule has 2 atom stereocenters. The van der Waals surface area contributed by atoms with Crippen LogP contribution in [0, 0.1) is 11.3 Å². The van der Waals surface area contributed by atoms with Gasteiger partial charge in [-0.3, -0.25) is 0 Å². The van der Waals surface area contributed by atoms with Crippen LogP contribution in [0.3, 0.4) is 0 Å². The Morgan fingerprint density at radius 2 is 1.44 bits per heavy atom. The fraction of sp³-hybridized carbons (Fsp3) is 0.636. The maximum absolute atomic E-state index is 12.8. The number of hydrogen-bond acceptors (Lipinski definition) is 1. The molecule has 0 aromatic heterocycles. The molecule has 0 spiro atoms. The van der Waals surface area contributed by atoms with E-state index in [2.05, 4.69) is 0 Å². The molecule has 7 heteroatoms. The van der Waals surface area contributed by atoms with Gasteiger partial charge in [-0.15, -0.1) is 0 Å². The van der Waals surface area contributed by atoms with Crippen molar-refractivity contribution < 1.29 is 31.4 Å². The van der Waals surface area contributed by atoms with Crippen LogP contribution in [0.1, 0.15) is 13.8 Å². The molecule has 0 saturated carbocycles. The van der Waals surface area contributed by atoms with Crippen molar-refractivity contribution in [1.82, 2.24) is 0 Å². The van der Waals surface area contributed by atoms with Gasteiger partial charge in [-0.05, 0) is 5.92 Å². The zero-order valence-corrected chi connectivity index (χ0v) is 9.60. The Hall–Kier alpha value is -0.980. The summed E-state index contributed by atoms with van der Waals surface area (Å²) in [6.07, 6.45) is -7.27. The number of hydrogen-bond donors (Lipinski definition) is 1. The van der Waals surface area contributed by atoms with Crippen LogP contribution in [0.15, 0.2) is 24.3 Å². The molecular weight excluding hydrogens is 262 g/mol. The molecule has 0 heterocycles. The number of alkyl halides is 6. The van der Waals surface area contributed by atoms with E-state index in [0.29, 0.717) is 0 Å². The van der Waals surface area contributed by atoms with Crippen molar-refractivity contribution >= 4 is 0 Å². The van der Waals surface area contributed by atoms with E-state index in [1.165, 1.54) is 19.1 Å². The van der Waals surface area contributed by atoms with Crippen molar-refractivity contribution in [3.05, 3.63) is 24.3 Å². The van der Waals surface area contributed by atoms with Gasteiger partial charge in [0.05, 0.1) is 0 Å². The quantitative estimate of drug-likeness (QED) is 0.724. The van der Waals surface area contributed by atoms with Gasteiger partial charge in [0.2, 0.25) is 0 Å². The highest BCUT2D eigenvalue weighted by atomic mass is 19.4. The third-order valence-electron chi connectivity index (χ3n) is 3.50. The fourth-order valence-corrected chi connectivity index (χ4v) is 2.06. The minimum atomic E-state index is -5.82. The van der Waals surface area contributed by atoms with Gasteiger partial charge in [-0.25, -0.2) is 0 Å². The van der Waals surface area contributed by atoms with Gasteiger partial charge in [0.25, 0.3) is 5.60 Å². The molecule has 0 amide bonds. The molecule has 0 saturated heterocycles. The van der Waals surface area contributed by atoms with Gasteiger partial charge in [0.15, 0.2) is 0 Å². The summed E-state index contributed by atoms with van der Waals surface area (Å²) in [6.45, 7) is 1.95. The monoisotopic (exact) mass is 274 g/mol. The largest absolute Gasteiger partial charge is 0.427 e. The lowest BCUT2D eigenvalue weighted by Crippen LogP contribution is -2.67. The van der Waals surface area contributed by atoms with Gasteiger partial charge < -0.3 is 5.11 Å². The average Bonchev–Trinajstić information content (AvgIpc) is 2.18. The fourth-order valence-electron chi connectivity index (χ4n) is 2.06. The highest BCUT2D eigenvalue weighted by Gasteiger charge is 2.78. The van der Waals surface area contributed by atoms with Crippen molar-refractivity contribution in [3.63, 3.8) is 0 Å². The van der Waals surface area contributed by atoms with E-state index in [-0.39, 0.29) is 0 Å². The topological polar surface area (TPSA) is 20.2 Å². The molecule has 0 aromatic rings. The number of halogens is 6. The summed E-state index contributed by atoms with van der Waals surface area (Å²) in [5.41, 5.74) is -7.29. The van der Waals surface area contributed by atoms with E-state index in [4.69, 9.17) is 0 Å². The predicted octanol–water partition coefficient (Wildman–Crippen LogP) is 3.61.